The summed E-state index contributed by atoms with van der Waals surface area (Å²) in [6.45, 7) is -0.495. The first-order chi connectivity index (χ1) is 17.5. The Morgan fingerprint density at radius 1 is 0.972 bits per heavy atom. The van der Waals surface area contributed by atoms with Crippen molar-refractivity contribution in [2.45, 2.75) is 25.3 Å². The second-order valence-corrected chi connectivity index (χ2v) is 8.94. The summed E-state index contributed by atoms with van der Waals surface area (Å²) >= 11 is 0. The van der Waals surface area contributed by atoms with Gasteiger partial charge in [-0.3, -0.25) is 4.79 Å². The van der Waals surface area contributed by atoms with Gasteiger partial charge in [-0.1, -0.05) is 60.7 Å². The number of benzene rings is 3. The van der Waals surface area contributed by atoms with E-state index < -0.39 is 24.2 Å². The molecule has 7 heteroatoms. The monoisotopic (exact) mass is 482 g/mol. The quantitative estimate of drug-likeness (QED) is 0.390. The van der Waals surface area contributed by atoms with Crippen LogP contribution in [-0.2, 0) is 9.53 Å². The smallest absolute Gasteiger partial charge is 0.338 e. The SMILES string of the molecule is O=C(OCC(=O)N1N=C2C(=Cc3ccccc3)CCCC2C1c1ccccc1)c1ccc(O)c(O)c1. The summed E-state index contributed by atoms with van der Waals surface area (Å²) < 4.78 is 5.25. The highest BCUT2D eigenvalue weighted by atomic mass is 16.5. The number of carbonyl (C=O) groups excluding carboxylic acids is 2. The van der Waals surface area contributed by atoms with Gasteiger partial charge in [0, 0.05) is 5.92 Å². The molecule has 3 aromatic carbocycles. The van der Waals surface area contributed by atoms with Crippen molar-refractivity contribution in [1.29, 1.82) is 0 Å². The normalized spacial score (nSPS) is 20.1. The van der Waals surface area contributed by atoms with Crippen LogP contribution >= 0.6 is 0 Å². The molecule has 5 rings (SSSR count). The third-order valence-corrected chi connectivity index (χ3v) is 6.58. The Morgan fingerprint density at radius 3 is 2.42 bits per heavy atom. The Balaban J connectivity index is 1.41. The Kier molecular flexibility index (Phi) is 6.54. The number of nitrogens with zero attached hydrogens (tertiary/aromatic N) is 2. The average Bonchev–Trinajstić information content (AvgIpc) is 3.30. The molecule has 1 amide bonds. The van der Waals surface area contributed by atoms with Gasteiger partial charge in [-0.25, -0.2) is 9.80 Å². The molecule has 1 heterocycles. The summed E-state index contributed by atoms with van der Waals surface area (Å²) in [6, 6.07) is 23.2. The molecular weight excluding hydrogens is 456 g/mol. The highest BCUT2D eigenvalue weighted by Crippen LogP contribution is 2.44. The highest BCUT2D eigenvalue weighted by molar-refractivity contribution is 6.08. The molecular formula is C29H26N2O5. The van der Waals surface area contributed by atoms with Crippen molar-refractivity contribution in [2.24, 2.45) is 11.0 Å². The summed E-state index contributed by atoms with van der Waals surface area (Å²) in [4.78, 5) is 25.8. The zero-order chi connectivity index (χ0) is 25.1. The highest BCUT2D eigenvalue weighted by Gasteiger charge is 2.43. The third-order valence-electron chi connectivity index (χ3n) is 6.58. The Hall–Kier alpha value is -4.39. The molecule has 0 aromatic heterocycles. The first kappa shape index (κ1) is 23.4. The van der Waals surface area contributed by atoms with Crippen LogP contribution in [0.5, 0.6) is 11.5 Å². The van der Waals surface area contributed by atoms with E-state index in [4.69, 9.17) is 9.84 Å². The second kappa shape index (κ2) is 10.1. The van der Waals surface area contributed by atoms with Crippen LogP contribution in [0, 0.1) is 5.92 Å². The Morgan fingerprint density at radius 2 is 1.69 bits per heavy atom. The number of aromatic hydroxyl groups is 2. The molecule has 0 bridgehead atoms. The number of rotatable bonds is 5. The molecule has 1 saturated carbocycles. The first-order valence-corrected chi connectivity index (χ1v) is 11.9. The van der Waals surface area contributed by atoms with Gasteiger partial charge in [0.1, 0.15) is 0 Å². The van der Waals surface area contributed by atoms with Crippen molar-refractivity contribution in [2.75, 3.05) is 6.61 Å². The van der Waals surface area contributed by atoms with Crippen LogP contribution in [0.1, 0.15) is 46.8 Å². The van der Waals surface area contributed by atoms with E-state index >= 15 is 0 Å². The molecule has 1 fully saturated rings. The van der Waals surface area contributed by atoms with Gasteiger partial charge in [0.25, 0.3) is 5.91 Å². The average molecular weight is 483 g/mol. The van der Waals surface area contributed by atoms with E-state index in [1.165, 1.54) is 17.1 Å². The fraction of sp³-hybridized carbons (Fsp3) is 0.207. The van der Waals surface area contributed by atoms with Crippen molar-refractivity contribution in [3.63, 3.8) is 0 Å². The Bertz CT molecular complexity index is 1330. The molecule has 0 spiro atoms. The number of phenols is 2. The van der Waals surface area contributed by atoms with Crippen molar-refractivity contribution in [3.8, 4) is 11.5 Å². The van der Waals surface area contributed by atoms with Gasteiger partial charge in [0.05, 0.1) is 17.3 Å². The lowest BCUT2D eigenvalue weighted by Crippen LogP contribution is -2.34. The van der Waals surface area contributed by atoms with Gasteiger partial charge in [-0.2, -0.15) is 5.10 Å². The van der Waals surface area contributed by atoms with Gasteiger partial charge in [0.15, 0.2) is 18.1 Å². The van der Waals surface area contributed by atoms with Gasteiger partial charge in [0.2, 0.25) is 0 Å². The molecule has 1 aliphatic carbocycles. The maximum absolute atomic E-state index is 13.3. The molecule has 1 aliphatic heterocycles. The number of ether oxygens (including phenoxy) is 1. The van der Waals surface area contributed by atoms with Crippen LogP contribution in [0.3, 0.4) is 0 Å². The standard InChI is InChI=1S/C29H26N2O5/c32-24-15-14-22(17-25(24)33)29(35)36-18-26(34)31-28(20-10-5-2-6-11-20)23-13-7-12-21(27(23)30-31)16-19-8-3-1-4-9-19/h1-6,8-11,14-17,23,28,32-33H,7,12-13,18H2. The van der Waals surface area contributed by atoms with E-state index in [1.807, 2.05) is 60.7 Å². The summed E-state index contributed by atoms with van der Waals surface area (Å²) in [7, 11) is 0. The molecule has 0 radical (unpaired) electrons. The molecule has 0 saturated heterocycles. The third kappa shape index (κ3) is 4.73. The predicted molar refractivity (Wildman–Crippen MR) is 135 cm³/mol. The summed E-state index contributed by atoms with van der Waals surface area (Å²) in [6.07, 6.45) is 4.92. The topological polar surface area (TPSA) is 99.4 Å². The molecule has 182 valence electrons. The van der Waals surface area contributed by atoms with Crippen LogP contribution < -0.4 is 0 Å². The second-order valence-electron chi connectivity index (χ2n) is 8.94. The number of fused-ring (bicyclic) bond motifs is 1. The van der Waals surface area contributed by atoms with Gasteiger partial charge < -0.3 is 14.9 Å². The number of hydrazone groups is 1. The van der Waals surface area contributed by atoms with E-state index in [0.717, 1.165) is 47.7 Å². The molecule has 2 unspecified atom stereocenters. The van der Waals surface area contributed by atoms with E-state index in [2.05, 4.69) is 6.08 Å². The number of amides is 1. The van der Waals surface area contributed by atoms with E-state index in [0.29, 0.717) is 0 Å². The van der Waals surface area contributed by atoms with E-state index in [1.54, 1.807) is 0 Å². The van der Waals surface area contributed by atoms with Crippen molar-refractivity contribution < 1.29 is 24.5 Å². The first-order valence-electron chi connectivity index (χ1n) is 11.9. The minimum atomic E-state index is -0.774. The van der Waals surface area contributed by atoms with Crippen LogP contribution in [0.4, 0.5) is 0 Å². The minimum absolute atomic E-state index is 0.0344. The predicted octanol–water partition coefficient (Wildman–Crippen LogP) is 5.08. The molecule has 2 aliphatic rings. The van der Waals surface area contributed by atoms with Crippen LogP contribution in [0.2, 0.25) is 0 Å². The number of hydrogen-bond acceptors (Lipinski definition) is 6. The number of hydrogen-bond donors (Lipinski definition) is 2. The minimum Gasteiger partial charge on any atom is -0.504 e. The number of phenolic OH excluding ortho intramolecular Hbond substituents is 2. The fourth-order valence-corrected chi connectivity index (χ4v) is 4.87. The maximum atomic E-state index is 13.3. The zero-order valence-corrected chi connectivity index (χ0v) is 19.6. The van der Waals surface area contributed by atoms with Crippen LogP contribution in [0.25, 0.3) is 6.08 Å². The fourth-order valence-electron chi connectivity index (χ4n) is 4.87. The summed E-state index contributed by atoms with van der Waals surface area (Å²) in [5.74, 6) is -1.94. The largest absolute Gasteiger partial charge is 0.504 e. The van der Waals surface area contributed by atoms with Crippen molar-refractivity contribution in [1.82, 2.24) is 5.01 Å². The lowest BCUT2D eigenvalue weighted by molar-refractivity contribution is -0.137. The number of allylic oxidation sites excluding steroid dienone is 1. The lowest BCUT2D eigenvalue weighted by atomic mass is 9.77. The van der Waals surface area contributed by atoms with E-state index in [9.17, 15) is 19.8 Å². The summed E-state index contributed by atoms with van der Waals surface area (Å²) in [5.41, 5.74) is 4.12. The van der Waals surface area contributed by atoms with Crippen LogP contribution in [0.15, 0.2) is 89.5 Å². The molecule has 2 atom stereocenters. The Labute approximate surface area is 209 Å². The van der Waals surface area contributed by atoms with Gasteiger partial charge in [-0.05, 0) is 60.2 Å². The van der Waals surface area contributed by atoms with Crippen LogP contribution in [-0.4, -0.2) is 39.4 Å². The molecule has 3 aromatic rings. The van der Waals surface area contributed by atoms with Gasteiger partial charge in [-0.15, -0.1) is 0 Å². The molecule has 2 N–H and O–H groups in total. The number of esters is 1. The number of carbonyl (C=O) groups is 2. The van der Waals surface area contributed by atoms with Crippen molar-refractivity contribution in [3.05, 3.63) is 101 Å². The van der Waals surface area contributed by atoms with Gasteiger partial charge >= 0.3 is 5.97 Å². The molecule has 36 heavy (non-hydrogen) atoms. The zero-order valence-electron chi connectivity index (χ0n) is 19.6. The lowest BCUT2D eigenvalue weighted by Gasteiger charge is -2.29. The molecule has 7 nitrogen and oxygen atoms in total. The van der Waals surface area contributed by atoms with Crippen molar-refractivity contribution >= 4 is 23.7 Å². The summed E-state index contributed by atoms with van der Waals surface area (Å²) in [5, 5.41) is 25.4. The van der Waals surface area contributed by atoms with E-state index in [-0.39, 0.29) is 23.3 Å². The maximum Gasteiger partial charge on any atom is 0.338 e.